The van der Waals surface area contributed by atoms with Crippen molar-refractivity contribution in [2.24, 2.45) is 0 Å². The summed E-state index contributed by atoms with van der Waals surface area (Å²) < 4.78 is 19.7. The van der Waals surface area contributed by atoms with Crippen molar-refractivity contribution in [2.45, 2.75) is 26.4 Å². The summed E-state index contributed by atoms with van der Waals surface area (Å²) in [6.07, 6.45) is 0. The number of nitrogens with zero attached hydrogens (tertiary/aromatic N) is 1. The van der Waals surface area contributed by atoms with Crippen LogP contribution in [0.25, 0.3) is 11.3 Å². The minimum Gasteiger partial charge on any atom is -0.479 e. The van der Waals surface area contributed by atoms with E-state index in [0.717, 1.165) is 11.4 Å². The molecule has 0 bridgehead atoms. The monoisotopic (exact) mass is 273 g/mol. The third-order valence-corrected chi connectivity index (χ3v) is 3.41. The number of aryl methyl sites for hydroxylation is 1. The summed E-state index contributed by atoms with van der Waals surface area (Å²) in [5, 5.41) is 3.21. The van der Waals surface area contributed by atoms with Gasteiger partial charge in [0.05, 0.1) is 11.4 Å². The van der Waals surface area contributed by atoms with E-state index in [4.69, 9.17) is 4.74 Å². The first-order valence-corrected chi connectivity index (χ1v) is 6.39. The van der Waals surface area contributed by atoms with E-state index in [9.17, 15) is 4.39 Å². The van der Waals surface area contributed by atoms with Crippen LogP contribution in [0.5, 0.6) is 5.75 Å². The Morgan fingerprint density at radius 1 is 1.35 bits per heavy atom. The number of nitrogens with one attached hydrogen (secondary N) is 2. The van der Waals surface area contributed by atoms with Gasteiger partial charge in [0.1, 0.15) is 22.9 Å². The molecule has 2 N–H and O–H groups in total. The molecule has 0 fully saturated rings. The average molecular weight is 273 g/mol. The zero-order valence-corrected chi connectivity index (χ0v) is 11.7. The lowest BCUT2D eigenvalue weighted by molar-refractivity contribution is 0.144. The van der Waals surface area contributed by atoms with Crippen LogP contribution in [-0.4, -0.2) is 15.6 Å². The Kier molecular flexibility index (Phi) is 2.61. The highest BCUT2D eigenvalue weighted by Gasteiger charge is 2.30. The standard InChI is InChI=1S/C15H16FN3O/c1-8-15(3,4)20-12-7-10(5-6-11(12)17-8)13-14(16)19-9(2)18-13/h5-7,17H,1H2,2-4H3,(H,18,19). The van der Waals surface area contributed by atoms with Crippen molar-refractivity contribution in [2.75, 3.05) is 5.32 Å². The summed E-state index contributed by atoms with van der Waals surface area (Å²) in [5.74, 6) is 0.776. The van der Waals surface area contributed by atoms with Crippen molar-refractivity contribution in [3.8, 4) is 17.0 Å². The molecule has 1 aliphatic rings. The maximum absolute atomic E-state index is 13.8. The Hall–Kier alpha value is -2.30. The second kappa shape index (κ2) is 4.10. The molecule has 1 aliphatic heterocycles. The minimum absolute atomic E-state index is 0.302. The van der Waals surface area contributed by atoms with Gasteiger partial charge in [-0.2, -0.15) is 4.39 Å². The van der Waals surface area contributed by atoms with Crippen LogP contribution >= 0.6 is 0 Å². The van der Waals surface area contributed by atoms with Gasteiger partial charge in [0.2, 0.25) is 5.95 Å². The van der Waals surface area contributed by atoms with Crippen molar-refractivity contribution < 1.29 is 9.13 Å². The van der Waals surface area contributed by atoms with E-state index in [1.54, 1.807) is 19.1 Å². The molecule has 0 saturated carbocycles. The van der Waals surface area contributed by atoms with Crippen LogP contribution in [0.1, 0.15) is 19.7 Å². The van der Waals surface area contributed by atoms with Crippen LogP contribution in [0, 0.1) is 12.9 Å². The van der Waals surface area contributed by atoms with Crippen LogP contribution in [0.3, 0.4) is 0 Å². The van der Waals surface area contributed by atoms with E-state index in [2.05, 4.69) is 21.9 Å². The number of fused-ring (bicyclic) bond motifs is 1. The van der Waals surface area contributed by atoms with E-state index in [1.165, 1.54) is 0 Å². The zero-order valence-electron chi connectivity index (χ0n) is 11.7. The third-order valence-electron chi connectivity index (χ3n) is 3.41. The Bertz CT molecular complexity index is 703. The molecule has 1 aromatic carbocycles. The molecule has 4 nitrogen and oxygen atoms in total. The molecule has 0 unspecified atom stereocenters. The Morgan fingerprint density at radius 3 is 2.75 bits per heavy atom. The van der Waals surface area contributed by atoms with E-state index in [-0.39, 0.29) is 0 Å². The van der Waals surface area contributed by atoms with Crippen LogP contribution in [0.2, 0.25) is 0 Å². The van der Waals surface area contributed by atoms with Gasteiger partial charge in [-0.1, -0.05) is 12.6 Å². The Morgan fingerprint density at radius 2 is 2.10 bits per heavy atom. The number of H-pyrrole nitrogens is 1. The smallest absolute Gasteiger partial charge is 0.218 e. The number of benzene rings is 1. The second-order valence-electron chi connectivity index (χ2n) is 5.41. The van der Waals surface area contributed by atoms with Crippen LogP contribution in [0.4, 0.5) is 10.1 Å². The predicted molar refractivity (Wildman–Crippen MR) is 76.2 cm³/mol. The third kappa shape index (κ3) is 1.95. The van der Waals surface area contributed by atoms with Crippen molar-refractivity contribution in [1.82, 2.24) is 9.97 Å². The molecule has 3 rings (SSSR count). The summed E-state index contributed by atoms with van der Waals surface area (Å²) in [6.45, 7) is 9.52. The normalized spacial score (nSPS) is 16.3. The second-order valence-corrected chi connectivity index (χ2v) is 5.41. The molecule has 2 heterocycles. The highest BCUT2D eigenvalue weighted by Crippen LogP contribution is 2.39. The van der Waals surface area contributed by atoms with Gasteiger partial charge in [0.25, 0.3) is 0 Å². The number of ether oxygens (including phenoxy) is 1. The van der Waals surface area contributed by atoms with Gasteiger partial charge in [-0.15, -0.1) is 0 Å². The fraction of sp³-hybridized carbons (Fsp3) is 0.267. The first-order valence-electron chi connectivity index (χ1n) is 6.39. The van der Waals surface area contributed by atoms with Gasteiger partial charge in [0.15, 0.2) is 0 Å². The number of halogens is 1. The molecule has 20 heavy (non-hydrogen) atoms. The Labute approximate surface area is 116 Å². The minimum atomic E-state index is -0.508. The molecule has 104 valence electrons. The highest BCUT2D eigenvalue weighted by atomic mass is 19.1. The first-order chi connectivity index (χ1) is 9.37. The summed E-state index contributed by atoms with van der Waals surface area (Å²) in [6, 6.07) is 5.43. The van der Waals surface area contributed by atoms with Gasteiger partial charge >= 0.3 is 0 Å². The van der Waals surface area contributed by atoms with Gasteiger partial charge in [0, 0.05) is 5.56 Å². The van der Waals surface area contributed by atoms with Gasteiger partial charge < -0.3 is 15.0 Å². The van der Waals surface area contributed by atoms with Crippen molar-refractivity contribution in [3.05, 3.63) is 42.2 Å². The lowest BCUT2D eigenvalue weighted by Crippen LogP contribution is -2.37. The molecule has 0 aliphatic carbocycles. The molecule has 0 amide bonds. The van der Waals surface area contributed by atoms with Crippen molar-refractivity contribution >= 4 is 5.69 Å². The van der Waals surface area contributed by atoms with Gasteiger partial charge in [-0.3, -0.25) is 0 Å². The number of hydrogen-bond acceptors (Lipinski definition) is 3. The van der Waals surface area contributed by atoms with Crippen LogP contribution in [-0.2, 0) is 0 Å². The van der Waals surface area contributed by atoms with Crippen molar-refractivity contribution in [3.63, 3.8) is 0 Å². The Balaban J connectivity index is 2.06. The summed E-state index contributed by atoms with van der Waals surface area (Å²) in [5.41, 5.74) is 2.09. The topological polar surface area (TPSA) is 49.9 Å². The van der Waals surface area contributed by atoms with Crippen molar-refractivity contribution in [1.29, 1.82) is 0 Å². The predicted octanol–water partition coefficient (Wildman–Crippen LogP) is 3.62. The molecule has 0 atom stereocenters. The van der Waals surface area contributed by atoms with E-state index in [0.29, 0.717) is 22.8 Å². The molecule has 2 aromatic rings. The average Bonchev–Trinajstić information content (AvgIpc) is 2.69. The first kappa shape index (κ1) is 12.7. The number of imidazole rings is 1. The number of aromatic amines is 1. The number of hydrogen-bond donors (Lipinski definition) is 2. The quantitative estimate of drug-likeness (QED) is 0.834. The number of anilines is 1. The lowest BCUT2D eigenvalue weighted by Gasteiger charge is -2.35. The number of rotatable bonds is 1. The number of aromatic nitrogens is 2. The van der Waals surface area contributed by atoms with E-state index >= 15 is 0 Å². The highest BCUT2D eigenvalue weighted by molar-refractivity contribution is 5.71. The van der Waals surface area contributed by atoms with Gasteiger partial charge in [-0.05, 0) is 32.9 Å². The SMILES string of the molecule is C=C1Nc2ccc(-c3nc(C)[nH]c3F)cc2OC1(C)C. The van der Waals surface area contributed by atoms with Crippen LogP contribution in [0.15, 0.2) is 30.5 Å². The lowest BCUT2D eigenvalue weighted by atomic mass is 10.0. The molecule has 1 aromatic heterocycles. The summed E-state index contributed by atoms with van der Waals surface area (Å²) in [4.78, 5) is 6.72. The molecule has 0 radical (unpaired) electrons. The maximum atomic E-state index is 13.8. The fourth-order valence-electron chi connectivity index (χ4n) is 2.16. The van der Waals surface area contributed by atoms with Gasteiger partial charge in [-0.25, -0.2) is 4.98 Å². The zero-order chi connectivity index (χ0) is 14.5. The largest absolute Gasteiger partial charge is 0.479 e. The summed E-state index contributed by atoms with van der Waals surface area (Å²) in [7, 11) is 0. The van der Waals surface area contributed by atoms with Crippen LogP contribution < -0.4 is 10.1 Å². The molecule has 0 saturated heterocycles. The van der Waals surface area contributed by atoms with E-state index < -0.39 is 11.5 Å². The molecular formula is C15H16FN3O. The maximum Gasteiger partial charge on any atom is 0.218 e. The molecule has 5 heteroatoms. The fourth-order valence-corrected chi connectivity index (χ4v) is 2.16. The molecule has 0 spiro atoms. The molecular weight excluding hydrogens is 257 g/mol. The van der Waals surface area contributed by atoms with E-state index in [1.807, 2.05) is 19.9 Å². The summed E-state index contributed by atoms with van der Waals surface area (Å²) >= 11 is 0.